The van der Waals surface area contributed by atoms with Crippen LogP contribution in [0.25, 0.3) is 0 Å². The summed E-state index contributed by atoms with van der Waals surface area (Å²) in [6, 6.07) is 2.64. The normalized spacial score (nSPS) is 17.9. The fourth-order valence-corrected chi connectivity index (χ4v) is 1.76. The van der Waals surface area contributed by atoms with Gasteiger partial charge in [0.15, 0.2) is 0 Å². The first-order valence-corrected chi connectivity index (χ1v) is 4.34. The molecule has 1 saturated carbocycles. The van der Waals surface area contributed by atoms with E-state index in [2.05, 4.69) is 11.2 Å². The maximum Gasteiger partial charge on any atom is 0.102 e. The molecule has 62 valence electrons. The molecule has 1 aromatic heterocycles. The second-order valence-corrected chi connectivity index (χ2v) is 3.26. The van der Waals surface area contributed by atoms with Crippen molar-refractivity contribution in [3.05, 3.63) is 18.0 Å². The minimum Gasteiger partial charge on any atom is -0.268 e. The summed E-state index contributed by atoms with van der Waals surface area (Å²) in [5.41, 5.74) is 0.668. The van der Waals surface area contributed by atoms with E-state index in [1.807, 2.05) is 10.9 Å². The smallest absolute Gasteiger partial charge is 0.102 e. The Morgan fingerprint density at radius 3 is 2.83 bits per heavy atom. The van der Waals surface area contributed by atoms with Gasteiger partial charge in [0.2, 0.25) is 0 Å². The highest BCUT2D eigenvalue weighted by atomic mass is 15.3. The van der Waals surface area contributed by atoms with E-state index < -0.39 is 0 Å². The van der Waals surface area contributed by atoms with Crippen molar-refractivity contribution in [1.29, 1.82) is 5.26 Å². The molecule has 1 aromatic rings. The van der Waals surface area contributed by atoms with E-state index in [1.165, 1.54) is 25.7 Å². The SMILES string of the molecule is N#Cc1cnn(C2CCCC2)c1. The van der Waals surface area contributed by atoms with Crippen LogP contribution in [0, 0.1) is 11.3 Å². The molecule has 0 N–H and O–H groups in total. The molecule has 3 heteroatoms. The fourth-order valence-electron chi connectivity index (χ4n) is 1.76. The average Bonchev–Trinajstić information content (AvgIpc) is 2.75. The molecule has 0 amide bonds. The van der Waals surface area contributed by atoms with Gasteiger partial charge in [-0.25, -0.2) is 0 Å². The average molecular weight is 161 g/mol. The third-order valence-corrected chi connectivity index (χ3v) is 2.43. The summed E-state index contributed by atoms with van der Waals surface area (Å²) in [5, 5.41) is 12.8. The van der Waals surface area contributed by atoms with Crippen LogP contribution in [0.2, 0.25) is 0 Å². The number of aromatic nitrogens is 2. The fraction of sp³-hybridized carbons (Fsp3) is 0.556. The number of nitriles is 1. The standard InChI is InChI=1S/C9H11N3/c10-5-8-6-11-12(7-8)9-3-1-2-4-9/h6-7,9H,1-4H2. The molecular formula is C9H11N3. The van der Waals surface area contributed by atoms with Gasteiger partial charge in [0.1, 0.15) is 6.07 Å². The molecule has 0 saturated heterocycles. The van der Waals surface area contributed by atoms with Gasteiger partial charge in [0.05, 0.1) is 17.8 Å². The molecule has 0 bridgehead atoms. The van der Waals surface area contributed by atoms with Crippen LogP contribution in [0.5, 0.6) is 0 Å². The van der Waals surface area contributed by atoms with Gasteiger partial charge in [0, 0.05) is 6.20 Å². The van der Waals surface area contributed by atoms with Gasteiger partial charge in [-0.1, -0.05) is 12.8 Å². The summed E-state index contributed by atoms with van der Waals surface area (Å²) < 4.78 is 1.94. The predicted molar refractivity (Wildman–Crippen MR) is 44.4 cm³/mol. The van der Waals surface area contributed by atoms with Crippen molar-refractivity contribution >= 4 is 0 Å². The highest BCUT2D eigenvalue weighted by Crippen LogP contribution is 2.28. The van der Waals surface area contributed by atoms with Gasteiger partial charge in [-0.2, -0.15) is 10.4 Å². The van der Waals surface area contributed by atoms with E-state index >= 15 is 0 Å². The van der Waals surface area contributed by atoms with Crippen LogP contribution < -0.4 is 0 Å². The Balaban J connectivity index is 2.17. The van der Waals surface area contributed by atoms with E-state index in [9.17, 15) is 0 Å². The molecule has 0 atom stereocenters. The lowest BCUT2D eigenvalue weighted by Gasteiger charge is -2.07. The minimum absolute atomic E-state index is 0.548. The van der Waals surface area contributed by atoms with Gasteiger partial charge in [-0.05, 0) is 12.8 Å². The summed E-state index contributed by atoms with van der Waals surface area (Å²) in [5.74, 6) is 0. The first-order valence-electron chi connectivity index (χ1n) is 4.34. The Morgan fingerprint density at radius 1 is 1.50 bits per heavy atom. The summed E-state index contributed by atoms with van der Waals surface area (Å²) in [6.07, 6.45) is 8.51. The lowest BCUT2D eigenvalue weighted by Crippen LogP contribution is -2.04. The van der Waals surface area contributed by atoms with Crippen LogP contribution in [0.3, 0.4) is 0 Å². The van der Waals surface area contributed by atoms with Crippen LogP contribution in [0.15, 0.2) is 12.4 Å². The van der Waals surface area contributed by atoms with Crippen molar-refractivity contribution in [2.75, 3.05) is 0 Å². The summed E-state index contributed by atoms with van der Waals surface area (Å²) >= 11 is 0. The van der Waals surface area contributed by atoms with Gasteiger partial charge < -0.3 is 0 Å². The van der Waals surface area contributed by atoms with Crippen molar-refractivity contribution in [3.8, 4) is 6.07 Å². The first kappa shape index (κ1) is 7.35. The zero-order valence-corrected chi connectivity index (χ0v) is 6.90. The molecule has 0 aliphatic heterocycles. The second-order valence-electron chi connectivity index (χ2n) is 3.26. The number of rotatable bonds is 1. The minimum atomic E-state index is 0.548. The predicted octanol–water partition coefficient (Wildman–Crippen LogP) is 1.87. The lowest BCUT2D eigenvalue weighted by molar-refractivity contribution is 0.467. The van der Waals surface area contributed by atoms with Crippen LogP contribution in [-0.2, 0) is 0 Å². The van der Waals surface area contributed by atoms with Crippen molar-refractivity contribution in [1.82, 2.24) is 9.78 Å². The third kappa shape index (κ3) is 1.20. The molecule has 1 aliphatic rings. The molecule has 0 radical (unpaired) electrons. The van der Waals surface area contributed by atoms with E-state index in [0.29, 0.717) is 11.6 Å². The molecule has 0 aromatic carbocycles. The Bertz CT molecular complexity index is 302. The molecule has 0 unspecified atom stereocenters. The van der Waals surface area contributed by atoms with Crippen LogP contribution >= 0.6 is 0 Å². The van der Waals surface area contributed by atoms with E-state index in [-0.39, 0.29) is 0 Å². The lowest BCUT2D eigenvalue weighted by atomic mass is 10.2. The molecular weight excluding hydrogens is 150 g/mol. The maximum absolute atomic E-state index is 8.59. The van der Waals surface area contributed by atoms with Crippen LogP contribution in [0.4, 0.5) is 0 Å². The molecule has 2 rings (SSSR count). The Morgan fingerprint density at radius 2 is 2.25 bits per heavy atom. The molecule has 1 heterocycles. The van der Waals surface area contributed by atoms with E-state index in [0.717, 1.165) is 0 Å². The van der Waals surface area contributed by atoms with E-state index in [4.69, 9.17) is 5.26 Å². The summed E-state index contributed by atoms with van der Waals surface area (Å²) in [7, 11) is 0. The van der Waals surface area contributed by atoms with Gasteiger partial charge in [-0.15, -0.1) is 0 Å². The molecule has 1 fully saturated rings. The first-order chi connectivity index (χ1) is 5.90. The summed E-state index contributed by atoms with van der Waals surface area (Å²) in [6.45, 7) is 0. The highest BCUT2D eigenvalue weighted by Gasteiger charge is 2.17. The van der Waals surface area contributed by atoms with Crippen molar-refractivity contribution in [2.24, 2.45) is 0 Å². The number of hydrogen-bond acceptors (Lipinski definition) is 2. The largest absolute Gasteiger partial charge is 0.268 e. The van der Waals surface area contributed by atoms with Crippen LogP contribution in [0.1, 0.15) is 37.3 Å². The highest BCUT2D eigenvalue weighted by molar-refractivity contribution is 5.21. The maximum atomic E-state index is 8.59. The summed E-state index contributed by atoms with van der Waals surface area (Å²) in [4.78, 5) is 0. The number of hydrogen-bond donors (Lipinski definition) is 0. The zero-order chi connectivity index (χ0) is 8.39. The Hall–Kier alpha value is -1.30. The quantitative estimate of drug-likeness (QED) is 0.631. The third-order valence-electron chi connectivity index (χ3n) is 2.43. The zero-order valence-electron chi connectivity index (χ0n) is 6.90. The topological polar surface area (TPSA) is 41.6 Å². The molecule has 12 heavy (non-hydrogen) atoms. The molecule has 0 spiro atoms. The van der Waals surface area contributed by atoms with Crippen molar-refractivity contribution in [2.45, 2.75) is 31.7 Å². The van der Waals surface area contributed by atoms with Crippen LogP contribution in [-0.4, -0.2) is 9.78 Å². The van der Waals surface area contributed by atoms with Crippen molar-refractivity contribution < 1.29 is 0 Å². The Kier molecular flexibility index (Phi) is 1.83. The van der Waals surface area contributed by atoms with Gasteiger partial charge in [0.25, 0.3) is 0 Å². The van der Waals surface area contributed by atoms with Gasteiger partial charge >= 0.3 is 0 Å². The monoisotopic (exact) mass is 161 g/mol. The second kappa shape index (κ2) is 2.98. The Labute approximate surface area is 71.6 Å². The molecule has 3 nitrogen and oxygen atoms in total. The number of nitrogens with zero attached hydrogens (tertiary/aromatic N) is 3. The van der Waals surface area contributed by atoms with Gasteiger partial charge in [-0.3, -0.25) is 4.68 Å². The molecule has 1 aliphatic carbocycles. The van der Waals surface area contributed by atoms with E-state index in [1.54, 1.807) is 6.20 Å². The van der Waals surface area contributed by atoms with Crippen molar-refractivity contribution in [3.63, 3.8) is 0 Å².